The average Bonchev–Trinajstić information content (AvgIpc) is 3.28. The van der Waals surface area contributed by atoms with Crippen LogP contribution >= 0.6 is 0 Å². The zero-order chi connectivity index (χ0) is 22.6. The first kappa shape index (κ1) is 19.1. The third-order valence-corrected chi connectivity index (χ3v) is 7.09. The number of rotatable bonds is 2. The number of furan rings is 1. The van der Waals surface area contributed by atoms with Gasteiger partial charge in [-0.15, -0.1) is 0 Å². The lowest BCUT2D eigenvalue weighted by molar-refractivity contribution is 0.669. The minimum atomic E-state index is 0.929. The van der Waals surface area contributed by atoms with Gasteiger partial charge >= 0.3 is 0 Å². The fourth-order valence-corrected chi connectivity index (χ4v) is 5.31. The fraction of sp³-hybridized carbons (Fsp3) is 0.0303. The molecule has 7 rings (SSSR count). The van der Waals surface area contributed by atoms with Crippen LogP contribution in [0, 0.1) is 6.92 Å². The van der Waals surface area contributed by atoms with Crippen LogP contribution in [-0.2, 0) is 0 Å². The number of aryl methyl sites for hydroxylation is 1. The largest absolute Gasteiger partial charge is 0.456 e. The lowest BCUT2D eigenvalue weighted by Gasteiger charge is -2.11. The molecule has 0 unspecified atom stereocenters. The molecular formula is C33H22O. The van der Waals surface area contributed by atoms with Crippen molar-refractivity contribution in [3.63, 3.8) is 0 Å². The van der Waals surface area contributed by atoms with E-state index in [1.54, 1.807) is 0 Å². The average molecular weight is 435 g/mol. The minimum absolute atomic E-state index is 0.929. The van der Waals surface area contributed by atoms with Gasteiger partial charge in [0.1, 0.15) is 11.2 Å². The predicted octanol–water partition coefficient (Wildman–Crippen LogP) is 9.53. The maximum atomic E-state index is 6.18. The first-order valence-corrected chi connectivity index (χ1v) is 11.7. The van der Waals surface area contributed by atoms with Crippen LogP contribution in [0.4, 0.5) is 0 Å². The summed E-state index contributed by atoms with van der Waals surface area (Å²) in [4.78, 5) is 0. The van der Waals surface area contributed by atoms with Crippen LogP contribution in [-0.4, -0.2) is 0 Å². The van der Waals surface area contributed by atoms with E-state index in [-0.39, 0.29) is 0 Å². The highest BCUT2D eigenvalue weighted by Gasteiger charge is 2.12. The Bertz CT molecular complexity index is 1850. The van der Waals surface area contributed by atoms with Gasteiger partial charge in [0.15, 0.2) is 0 Å². The maximum Gasteiger partial charge on any atom is 0.136 e. The molecule has 0 amide bonds. The van der Waals surface area contributed by atoms with E-state index in [1.165, 1.54) is 60.1 Å². The summed E-state index contributed by atoms with van der Waals surface area (Å²) >= 11 is 0. The maximum absolute atomic E-state index is 6.18. The molecule has 0 radical (unpaired) electrons. The summed E-state index contributed by atoms with van der Waals surface area (Å²) in [5, 5.41) is 7.43. The van der Waals surface area contributed by atoms with Gasteiger partial charge in [-0.1, -0.05) is 97.1 Å². The van der Waals surface area contributed by atoms with Crippen LogP contribution in [0.25, 0.3) is 65.7 Å². The van der Waals surface area contributed by atoms with Crippen LogP contribution in [0.5, 0.6) is 0 Å². The van der Waals surface area contributed by atoms with Crippen LogP contribution < -0.4 is 0 Å². The number of benzene rings is 6. The quantitative estimate of drug-likeness (QED) is 0.264. The Balaban J connectivity index is 1.34. The Labute approximate surface area is 197 Å². The van der Waals surface area contributed by atoms with Crippen molar-refractivity contribution >= 4 is 43.5 Å². The van der Waals surface area contributed by atoms with Crippen LogP contribution in [0.1, 0.15) is 5.56 Å². The highest BCUT2D eigenvalue weighted by atomic mass is 16.3. The van der Waals surface area contributed by atoms with Gasteiger partial charge < -0.3 is 4.42 Å². The number of hydrogen-bond donors (Lipinski definition) is 0. The third-order valence-electron chi connectivity index (χ3n) is 7.09. The van der Waals surface area contributed by atoms with Crippen LogP contribution in [0.3, 0.4) is 0 Å². The molecular weight excluding hydrogens is 412 g/mol. The Kier molecular flexibility index (Phi) is 4.13. The van der Waals surface area contributed by atoms with Gasteiger partial charge in [-0.05, 0) is 74.5 Å². The second-order valence-electron chi connectivity index (χ2n) is 9.01. The van der Waals surface area contributed by atoms with Gasteiger partial charge in [0.05, 0.1) is 0 Å². The molecule has 6 aromatic carbocycles. The zero-order valence-corrected chi connectivity index (χ0v) is 18.9. The summed E-state index contributed by atoms with van der Waals surface area (Å²) in [5.74, 6) is 0. The molecule has 0 saturated heterocycles. The lowest BCUT2D eigenvalue weighted by Crippen LogP contribution is -1.86. The molecule has 1 heterocycles. The highest BCUT2D eigenvalue weighted by molar-refractivity contribution is 6.19. The Morgan fingerprint density at radius 1 is 0.471 bits per heavy atom. The Morgan fingerprint density at radius 2 is 1.09 bits per heavy atom. The summed E-state index contributed by atoms with van der Waals surface area (Å²) < 4.78 is 6.18. The minimum Gasteiger partial charge on any atom is -0.456 e. The molecule has 0 atom stereocenters. The molecule has 0 bridgehead atoms. The van der Waals surface area contributed by atoms with E-state index in [1.807, 2.05) is 0 Å². The van der Waals surface area contributed by atoms with Gasteiger partial charge in [0.2, 0.25) is 0 Å². The molecule has 0 aliphatic heterocycles. The summed E-state index contributed by atoms with van der Waals surface area (Å²) in [5.41, 5.74) is 8.12. The van der Waals surface area contributed by atoms with E-state index in [0.29, 0.717) is 0 Å². The fourth-order valence-electron chi connectivity index (χ4n) is 5.31. The molecule has 34 heavy (non-hydrogen) atoms. The SMILES string of the molecule is Cc1c(-c2ccc(-c3ccc4oc5ccc6ccccc6c5c4c3)cc2)ccc2ccccc12. The first-order valence-electron chi connectivity index (χ1n) is 11.7. The van der Waals surface area contributed by atoms with Crippen molar-refractivity contribution in [3.8, 4) is 22.3 Å². The summed E-state index contributed by atoms with van der Waals surface area (Å²) in [6.45, 7) is 2.22. The molecule has 0 N–H and O–H groups in total. The third kappa shape index (κ3) is 2.87. The summed E-state index contributed by atoms with van der Waals surface area (Å²) in [6, 6.07) is 41.2. The van der Waals surface area contributed by atoms with Gasteiger partial charge in [-0.2, -0.15) is 0 Å². The van der Waals surface area contributed by atoms with Gasteiger partial charge in [-0.3, -0.25) is 0 Å². The van der Waals surface area contributed by atoms with E-state index in [0.717, 1.165) is 11.2 Å². The smallest absolute Gasteiger partial charge is 0.136 e. The molecule has 160 valence electrons. The van der Waals surface area contributed by atoms with Gasteiger partial charge in [-0.25, -0.2) is 0 Å². The topological polar surface area (TPSA) is 13.1 Å². The Hall–Kier alpha value is -4.36. The van der Waals surface area contributed by atoms with Gasteiger partial charge in [0, 0.05) is 10.8 Å². The Morgan fingerprint density at radius 3 is 1.91 bits per heavy atom. The van der Waals surface area contributed by atoms with Crippen molar-refractivity contribution in [3.05, 3.63) is 121 Å². The molecule has 0 spiro atoms. The molecule has 7 aromatic rings. The molecule has 1 nitrogen and oxygen atoms in total. The van der Waals surface area contributed by atoms with Crippen molar-refractivity contribution < 1.29 is 4.42 Å². The molecule has 0 aliphatic carbocycles. The molecule has 1 heteroatoms. The first-order chi connectivity index (χ1) is 16.8. The lowest BCUT2D eigenvalue weighted by atomic mass is 9.93. The summed E-state index contributed by atoms with van der Waals surface area (Å²) in [6.07, 6.45) is 0. The second kappa shape index (κ2) is 7.33. The standard InChI is InChI=1S/C33H22O/c1-21-27-8-4-2-6-23(27)14-17-28(21)25-12-10-22(11-13-25)26-16-18-31-30(20-26)33-29-9-5-3-7-24(29)15-19-32(33)34-31/h2-20H,1H3. The molecule has 0 aliphatic rings. The van der Waals surface area contributed by atoms with E-state index in [4.69, 9.17) is 4.42 Å². The number of fused-ring (bicyclic) bond motifs is 6. The van der Waals surface area contributed by atoms with Crippen LogP contribution in [0.15, 0.2) is 120 Å². The second-order valence-corrected chi connectivity index (χ2v) is 9.01. The molecule has 1 aromatic heterocycles. The van der Waals surface area contributed by atoms with E-state index in [9.17, 15) is 0 Å². The molecule has 0 fully saturated rings. The number of hydrogen-bond acceptors (Lipinski definition) is 1. The predicted molar refractivity (Wildman–Crippen MR) is 144 cm³/mol. The molecule has 0 saturated carbocycles. The van der Waals surface area contributed by atoms with Crippen LogP contribution in [0.2, 0.25) is 0 Å². The summed E-state index contributed by atoms with van der Waals surface area (Å²) in [7, 11) is 0. The van der Waals surface area contributed by atoms with Crippen molar-refractivity contribution in [2.45, 2.75) is 6.92 Å². The highest BCUT2D eigenvalue weighted by Crippen LogP contribution is 2.37. The van der Waals surface area contributed by atoms with Crippen molar-refractivity contribution in [1.29, 1.82) is 0 Å². The normalized spacial score (nSPS) is 11.7. The van der Waals surface area contributed by atoms with Crippen molar-refractivity contribution in [1.82, 2.24) is 0 Å². The van der Waals surface area contributed by atoms with E-state index in [2.05, 4.69) is 122 Å². The monoisotopic (exact) mass is 434 g/mol. The van der Waals surface area contributed by atoms with E-state index < -0.39 is 0 Å². The van der Waals surface area contributed by atoms with Crippen molar-refractivity contribution in [2.24, 2.45) is 0 Å². The van der Waals surface area contributed by atoms with E-state index >= 15 is 0 Å². The van der Waals surface area contributed by atoms with Crippen molar-refractivity contribution in [2.75, 3.05) is 0 Å². The zero-order valence-electron chi connectivity index (χ0n) is 18.9. The van der Waals surface area contributed by atoms with Gasteiger partial charge in [0.25, 0.3) is 0 Å².